The molecule has 0 bridgehead atoms. The maximum Gasteiger partial charge on any atom is 0.261 e. The maximum absolute atomic E-state index is 11.3. The Morgan fingerprint density at radius 3 is 2.50 bits per heavy atom. The second-order valence-electron chi connectivity index (χ2n) is 4.27. The SMILES string of the molecule is CN(C)C(=O)CCCOc1ccc(S(=O)(=O)Cl)cc1Cl. The molecule has 0 atom stereocenters. The van der Waals surface area contributed by atoms with E-state index in [0.29, 0.717) is 25.2 Å². The summed E-state index contributed by atoms with van der Waals surface area (Å²) >= 11 is 5.90. The van der Waals surface area contributed by atoms with E-state index in [0.717, 1.165) is 0 Å². The molecule has 1 rings (SSSR count). The second kappa shape index (κ2) is 7.15. The van der Waals surface area contributed by atoms with Crippen LogP contribution in [0.15, 0.2) is 23.1 Å². The molecule has 0 saturated heterocycles. The Labute approximate surface area is 127 Å². The summed E-state index contributed by atoms with van der Waals surface area (Å²) in [5.74, 6) is 0.372. The molecular weight excluding hydrogens is 325 g/mol. The van der Waals surface area contributed by atoms with Gasteiger partial charge >= 0.3 is 0 Å². The topological polar surface area (TPSA) is 63.7 Å². The van der Waals surface area contributed by atoms with Crippen LogP contribution < -0.4 is 4.74 Å². The van der Waals surface area contributed by atoms with Gasteiger partial charge in [0.05, 0.1) is 16.5 Å². The summed E-state index contributed by atoms with van der Waals surface area (Å²) in [5.41, 5.74) is 0. The van der Waals surface area contributed by atoms with Crippen molar-refractivity contribution in [1.29, 1.82) is 0 Å². The van der Waals surface area contributed by atoms with Crippen LogP contribution in [0.1, 0.15) is 12.8 Å². The van der Waals surface area contributed by atoms with Gasteiger partial charge in [-0.1, -0.05) is 11.6 Å². The average Bonchev–Trinajstić information content (AvgIpc) is 2.34. The van der Waals surface area contributed by atoms with Crippen molar-refractivity contribution in [2.75, 3.05) is 20.7 Å². The summed E-state index contributed by atoms with van der Waals surface area (Å²) < 4.78 is 27.6. The third kappa shape index (κ3) is 5.19. The first-order valence-electron chi connectivity index (χ1n) is 5.79. The van der Waals surface area contributed by atoms with Crippen molar-refractivity contribution in [2.24, 2.45) is 0 Å². The zero-order valence-electron chi connectivity index (χ0n) is 11.1. The lowest BCUT2D eigenvalue weighted by molar-refractivity contribution is -0.128. The lowest BCUT2D eigenvalue weighted by Crippen LogP contribution is -2.21. The maximum atomic E-state index is 11.3. The summed E-state index contributed by atoms with van der Waals surface area (Å²) in [6, 6.07) is 3.98. The van der Waals surface area contributed by atoms with Gasteiger partial charge in [0.1, 0.15) is 5.75 Å². The van der Waals surface area contributed by atoms with Crippen LogP contribution in [0.4, 0.5) is 0 Å². The van der Waals surface area contributed by atoms with E-state index in [-0.39, 0.29) is 15.8 Å². The van der Waals surface area contributed by atoms with Crippen molar-refractivity contribution >= 4 is 37.2 Å². The first-order chi connectivity index (χ1) is 9.21. The number of ether oxygens (including phenoxy) is 1. The monoisotopic (exact) mass is 339 g/mol. The van der Waals surface area contributed by atoms with Crippen LogP contribution in [-0.4, -0.2) is 39.9 Å². The molecule has 0 aliphatic heterocycles. The standard InChI is InChI=1S/C12H15Cl2NO4S/c1-15(2)12(16)4-3-7-19-11-6-5-9(8-10(11)13)20(14,17)18/h5-6,8H,3-4,7H2,1-2H3. The first-order valence-corrected chi connectivity index (χ1v) is 8.47. The van der Waals surface area contributed by atoms with E-state index < -0.39 is 9.05 Å². The molecule has 20 heavy (non-hydrogen) atoms. The third-order valence-electron chi connectivity index (χ3n) is 2.48. The van der Waals surface area contributed by atoms with Gasteiger partial charge in [-0.2, -0.15) is 0 Å². The zero-order valence-corrected chi connectivity index (χ0v) is 13.4. The summed E-state index contributed by atoms with van der Waals surface area (Å²) in [7, 11) is 4.77. The van der Waals surface area contributed by atoms with Gasteiger partial charge in [-0.05, 0) is 24.6 Å². The summed E-state index contributed by atoms with van der Waals surface area (Å²) in [4.78, 5) is 12.8. The molecule has 0 heterocycles. The molecular formula is C12H15Cl2NO4S. The molecule has 1 aromatic rings. The van der Waals surface area contributed by atoms with Crippen LogP contribution in [0.25, 0.3) is 0 Å². The van der Waals surface area contributed by atoms with Crippen LogP contribution in [0.2, 0.25) is 5.02 Å². The second-order valence-corrected chi connectivity index (χ2v) is 7.24. The Morgan fingerprint density at radius 2 is 2.00 bits per heavy atom. The van der Waals surface area contributed by atoms with Gasteiger partial charge in [-0.15, -0.1) is 0 Å². The van der Waals surface area contributed by atoms with E-state index in [1.54, 1.807) is 14.1 Å². The van der Waals surface area contributed by atoms with Crippen molar-refractivity contribution in [3.63, 3.8) is 0 Å². The first kappa shape index (κ1) is 17.1. The fourth-order valence-corrected chi connectivity index (χ4v) is 2.46. The molecule has 0 unspecified atom stereocenters. The molecule has 0 spiro atoms. The van der Waals surface area contributed by atoms with Crippen LogP contribution in [-0.2, 0) is 13.8 Å². The van der Waals surface area contributed by atoms with Crippen molar-refractivity contribution in [2.45, 2.75) is 17.7 Å². The quantitative estimate of drug-likeness (QED) is 0.590. The van der Waals surface area contributed by atoms with Crippen molar-refractivity contribution in [3.05, 3.63) is 23.2 Å². The fraction of sp³-hybridized carbons (Fsp3) is 0.417. The number of hydrogen-bond donors (Lipinski definition) is 0. The number of halogens is 2. The van der Waals surface area contributed by atoms with Gasteiger partial charge in [0.25, 0.3) is 9.05 Å². The van der Waals surface area contributed by atoms with Gasteiger partial charge in [-0.25, -0.2) is 8.42 Å². The molecule has 0 saturated carbocycles. The van der Waals surface area contributed by atoms with E-state index in [1.807, 2.05) is 0 Å². The van der Waals surface area contributed by atoms with Gasteiger partial charge in [0, 0.05) is 31.2 Å². The molecule has 0 fully saturated rings. The van der Waals surface area contributed by atoms with Crippen LogP contribution in [0.5, 0.6) is 5.75 Å². The lowest BCUT2D eigenvalue weighted by Gasteiger charge is -2.11. The number of rotatable bonds is 6. The van der Waals surface area contributed by atoms with Gasteiger partial charge in [0.15, 0.2) is 0 Å². The fourth-order valence-electron chi connectivity index (χ4n) is 1.38. The third-order valence-corrected chi connectivity index (χ3v) is 4.12. The van der Waals surface area contributed by atoms with E-state index in [9.17, 15) is 13.2 Å². The minimum Gasteiger partial charge on any atom is -0.492 e. The minimum absolute atomic E-state index is 0.0169. The molecule has 8 heteroatoms. The Hall–Kier alpha value is -0.980. The van der Waals surface area contributed by atoms with E-state index >= 15 is 0 Å². The van der Waals surface area contributed by atoms with E-state index in [1.165, 1.54) is 23.1 Å². The molecule has 112 valence electrons. The highest BCUT2D eigenvalue weighted by atomic mass is 35.7. The van der Waals surface area contributed by atoms with Crippen molar-refractivity contribution in [3.8, 4) is 5.75 Å². The summed E-state index contributed by atoms with van der Waals surface area (Å²) in [5, 5.41) is 0.158. The normalized spacial score (nSPS) is 11.2. The minimum atomic E-state index is -3.81. The Bertz CT molecular complexity index is 587. The van der Waals surface area contributed by atoms with Crippen molar-refractivity contribution < 1.29 is 17.9 Å². The Kier molecular flexibility index (Phi) is 6.10. The molecule has 0 N–H and O–H groups in total. The number of carbonyl (C=O) groups is 1. The smallest absolute Gasteiger partial charge is 0.261 e. The molecule has 0 aliphatic rings. The molecule has 5 nitrogen and oxygen atoms in total. The molecule has 0 aliphatic carbocycles. The molecule has 0 radical (unpaired) electrons. The van der Waals surface area contributed by atoms with Crippen LogP contribution >= 0.6 is 22.3 Å². The highest BCUT2D eigenvalue weighted by molar-refractivity contribution is 8.13. The van der Waals surface area contributed by atoms with Gasteiger partial charge in [-0.3, -0.25) is 4.79 Å². The number of carbonyl (C=O) groups excluding carboxylic acids is 1. The predicted molar refractivity (Wildman–Crippen MR) is 77.9 cm³/mol. The van der Waals surface area contributed by atoms with E-state index in [2.05, 4.69) is 0 Å². The molecule has 1 aromatic carbocycles. The zero-order chi connectivity index (χ0) is 15.3. The van der Waals surface area contributed by atoms with E-state index in [4.69, 9.17) is 27.0 Å². The molecule has 1 amide bonds. The average molecular weight is 340 g/mol. The number of hydrogen-bond acceptors (Lipinski definition) is 4. The van der Waals surface area contributed by atoms with Gasteiger partial charge < -0.3 is 9.64 Å². The largest absolute Gasteiger partial charge is 0.492 e. The number of nitrogens with zero attached hydrogens (tertiary/aromatic N) is 1. The summed E-state index contributed by atoms with van der Waals surface area (Å²) in [6.45, 7) is 0.312. The van der Waals surface area contributed by atoms with Crippen LogP contribution in [0, 0.1) is 0 Å². The summed E-state index contributed by atoms with van der Waals surface area (Å²) in [6.07, 6.45) is 0.918. The predicted octanol–water partition coefficient (Wildman–Crippen LogP) is 2.51. The number of amides is 1. The van der Waals surface area contributed by atoms with Gasteiger partial charge in [0.2, 0.25) is 5.91 Å². The highest BCUT2D eigenvalue weighted by Crippen LogP contribution is 2.28. The van der Waals surface area contributed by atoms with Crippen LogP contribution in [0.3, 0.4) is 0 Å². The Morgan fingerprint density at radius 1 is 1.35 bits per heavy atom. The van der Waals surface area contributed by atoms with Crippen molar-refractivity contribution in [1.82, 2.24) is 4.90 Å². The highest BCUT2D eigenvalue weighted by Gasteiger charge is 2.13. The lowest BCUT2D eigenvalue weighted by atomic mass is 10.3. The molecule has 0 aromatic heterocycles. The Balaban J connectivity index is 2.56. The number of benzene rings is 1.